The molecule has 1 rings (SSSR count). The summed E-state index contributed by atoms with van der Waals surface area (Å²) in [5.41, 5.74) is 3.76. The number of carbonyl (C=O) groups excluding carboxylic acids is 1. The molecule has 0 atom stereocenters. The first-order valence-electron chi connectivity index (χ1n) is 4.08. The maximum absolute atomic E-state index is 11.1. The van der Waals surface area contributed by atoms with Gasteiger partial charge in [-0.15, -0.1) is 0 Å². The summed E-state index contributed by atoms with van der Waals surface area (Å²) in [5.74, 6) is -1.04. The lowest BCUT2D eigenvalue weighted by Gasteiger charge is -2.06. The third-order valence-electron chi connectivity index (χ3n) is 1.91. The molecule has 1 aromatic carbocycles. The molecule has 0 saturated carbocycles. The number of carbonyl (C=O) groups is 1. The number of benzene rings is 1. The zero-order valence-corrected chi connectivity index (χ0v) is 8.26. The van der Waals surface area contributed by atoms with E-state index in [1.165, 1.54) is 19.2 Å². The smallest absolute Gasteiger partial charge is 0.303 e. The second-order valence-electron chi connectivity index (χ2n) is 2.77. The van der Waals surface area contributed by atoms with Crippen LogP contribution in [0.3, 0.4) is 0 Å². The first-order chi connectivity index (χ1) is 7.52. The normalized spacial score (nSPS) is 9.25. The molecule has 82 valence electrons. The zero-order chi connectivity index (χ0) is 12.3. The second-order valence-corrected chi connectivity index (χ2v) is 2.77. The van der Waals surface area contributed by atoms with Crippen LogP contribution in [0.4, 0.5) is 5.69 Å². The SMILES string of the molecule is COc1ccc(C#N)c([N+](=O)[O-])c1C(N)=O. The molecule has 0 radical (unpaired) electrons. The summed E-state index contributed by atoms with van der Waals surface area (Å²) >= 11 is 0. The van der Waals surface area contributed by atoms with E-state index in [2.05, 4.69) is 0 Å². The van der Waals surface area contributed by atoms with Crippen molar-refractivity contribution in [3.05, 3.63) is 33.4 Å². The molecule has 0 aliphatic heterocycles. The van der Waals surface area contributed by atoms with E-state index in [-0.39, 0.29) is 11.3 Å². The number of nitro benzene ring substituents is 1. The summed E-state index contributed by atoms with van der Waals surface area (Å²) in [4.78, 5) is 21.0. The summed E-state index contributed by atoms with van der Waals surface area (Å²) in [5, 5.41) is 19.5. The molecule has 0 aliphatic carbocycles. The summed E-state index contributed by atoms with van der Waals surface area (Å²) in [6, 6.07) is 4.10. The van der Waals surface area contributed by atoms with Crippen LogP contribution >= 0.6 is 0 Å². The van der Waals surface area contributed by atoms with E-state index in [4.69, 9.17) is 15.7 Å². The van der Waals surface area contributed by atoms with Crippen molar-refractivity contribution in [2.75, 3.05) is 7.11 Å². The van der Waals surface area contributed by atoms with E-state index in [9.17, 15) is 14.9 Å². The number of nitrogens with zero attached hydrogens (tertiary/aromatic N) is 2. The molecule has 0 bridgehead atoms. The molecule has 1 aromatic rings. The molecule has 0 aliphatic rings. The standard InChI is InChI=1S/C9H7N3O4/c1-16-6-3-2-5(4-10)8(12(14)15)7(6)9(11)13/h2-3H,1H3,(H2,11,13). The van der Waals surface area contributed by atoms with Crippen molar-refractivity contribution >= 4 is 11.6 Å². The van der Waals surface area contributed by atoms with Crippen molar-refractivity contribution < 1.29 is 14.5 Å². The third-order valence-corrected chi connectivity index (χ3v) is 1.91. The van der Waals surface area contributed by atoms with Gasteiger partial charge in [-0.25, -0.2) is 0 Å². The molecular weight excluding hydrogens is 214 g/mol. The Kier molecular flexibility index (Phi) is 3.06. The van der Waals surface area contributed by atoms with Crippen molar-refractivity contribution in [1.29, 1.82) is 5.26 Å². The van der Waals surface area contributed by atoms with Gasteiger partial charge in [-0.3, -0.25) is 14.9 Å². The van der Waals surface area contributed by atoms with Crippen LogP contribution < -0.4 is 10.5 Å². The Balaban J connectivity index is 3.68. The molecule has 0 aromatic heterocycles. The number of rotatable bonds is 3. The lowest BCUT2D eigenvalue weighted by atomic mass is 10.1. The fourth-order valence-electron chi connectivity index (χ4n) is 1.26. The number of amides is 1. The molecular formula is C9H7N3O4. The number of nitriles is 1. The minimum Gasteiger partial charge on any atom is -0.496 e. The average molecular weight is 221 g/mol. The molecule has 1 amide bonds. The highest BCUT2D eigenvalue weighted by Crippen LogP contribution is 2.31. The van der Waals surface area contributed by atoms with E-state index in [0.717, 1.165) is 0 Å². The number of primary amides is 1. The van der Waals surface area contributed by atoms with E-state index < -0.39 is 22.1 Å². The molecule has 0 saturated heterocycles. The fourth-order valence-corrected chi connectivity index (χ4v) is 1.26. The number of nitro groups is 1. The van der Waals surface area contributed by atoms with Gasteiger partial charge >= 0.3 is 5.69 Å². The molecule has 7 nitrogen and oxygen atoms in total. The summed E-state index contributed by atoms with van der Waals surface area (Å²) in [6.07, 6.45) is 0. The summed E-state index contributed by atoms with van der Waals surface area (Å²) in [7, 11) is 1.25. The Labute approximate surface area is 90.2 Å². The second kappa shape index (κ2) is 4.27. The Morgan fingerprint density at radius 2 is 2.25 bits per heavy atom. The summed E-state index contributed by atoms with van der Waals surface area (Å²) in [6.45, 7) is 0. The van der Waals surface area contributed by atoms with Crippen LogP contribution in [0, 0.1) is 21.4 Å². The predicted molar refractivity (Wildman–Crippen MR) is 52.9 cm³/mol. The van der Waals surface area contributed by atoms with Gasteiger partial charge in [0.25, 0.3) is 5.91 Å². The Morgan fingerprint density at radius 3 is 2.62 bits per heavy atom. The van der Waals surface area contributed by atoms with E-state index in [1.807, 2.05) is 0 Å². The quantitative estimate of drug-likeness (QED) is 0.591. The maximum Gasteiger partial charge on any atom is 0.303 e. The summed E-state index contributed by atoms with van der Waals surface area (Å²) < 4.78 is 4.78. The minimum absolute atomic E-state index is 0.0294. The molecule has 0 fully saturated rings. The lowest BCUT2D eigenvalue weighted by molar-refractivity contribution is -0.385. The minimum atomic E-state index is -1.01. The number of hydrogen-bond donors (Lipinski definition) is 1. The van der Waals surface area contributed by atoms with Crippen molar-refractivity contribution in [3.8, 4) is 11.8 Å². The Hall–Kier alpha value is -2.62. The van der Waals surface area contributed by atoms with Crippen LogP contribution in [0.2, 0.25) is 0 Å². The van der Waals surface area contributed by atoms with Crippen LogP contribution in [0.25, 0.3) is 0 Å². The zero-order valence-electron chi connectivity index (χ0n) is 8.26. The van der Waals surface area contributed by atoms with Gasteiger partial charge in [0.1, 0.15) is 17.4 Å². The monoisotopic (exact) mass is 221 g/mol. The van der Waals surface area contributed by atoms with Gasteiger partial charge in [-0.1, -0.05) is 0 Å². The molecule has 2 N–H and O–H groups in total. The van der Waals surface area contributed by atoms with Gasteiger partial charge in [-0.05, 0) is 12.1 Å². The van der Waals surface area contributed by atoms with Crippen LogP contribution in [0.15, 0.2) is 12.1 Å². The van der Waals surface area contributed by atoms with E-state index in [1.54, 1.807) is 6.07 Å². The van der Waals surface area contributed by atoms with Gasteiger partial charge < -0.3 is 10.5 Å². The highest BCUT2D eigenvalue weighted by molar-refractivity contribution is 6.00. The number of nitrogens with two attached hydrogens (primary N) is 1. The topological polar surface area (TPSA) is 119 Å². The van der Waals surface area contributed by atoms with E-state index in [0.29, 0.717) is 0 Å². The number of hydrogen-bond acceptors (Lipinski definition) is 5. The molecule has 0 spiro atoms. The fraction of sp³-hybridized carbons (Fsp3) is 0.111. The van der Waals surface area contributed by atoms with Crippen LogP contribution in [0.1, 0.15) is 15.9 Å². The van der Waals surface area contributed by atoms with Gasteiger partial charge in [0.05, 0.1) is 12.0 Å². The highest BCUT2D eigenvalue weighted by atomic mass is 16.6. The Morgan fingerprint density at radius 1 is 1.62 bits per heavy atom. The third kappa shape index (κ3) is 1.76. The lowest BCUT2D eigenvalue weighted by Crippen LogP contribution is -2.15. The first kappa shape index (κ1) is 11.5. The first-order valence-corrected chi connectivity index (χ1v) is 4.08. The van der Waals surface area contributed by atoms with Gasteiger partial charge in [0.15, 0.2) is 5.56 Å². The Bertz CT molecular complexity index is 504. The molecule has 16 heavy (non-hydrogen) atoms. The average Bonchev–Trinajstić information content (AvgIpc) is 2.26. The predicted octanol–water partition coefficient (Wildman–Crippen LogP) is 0.574. The molecule has 0 heterocycles. The van der Waals surface area contributed by atoms with Crippen molar-refractivity contribution in [1.82, 2.24) is 0 Å². The van der Waals surface area contributed by atoms with Crippen molar-refractivity contribution in [3.63, 3.8) is 0 Å². The van der Waals surface area contributed by atoms with Crippen LogP contribution in [-0.4, -0.2) is 17.9 Å². The number of methoxy groups -OCH3 is 1. The van der Waals surface area contributed by atoms with Crippen LogP contribution in [-0.2, 0) is 0 Å². The van der Waals surface area contributed by atoms with Crippen LogP contribution in [0.5, 0.6) is 5.75 Å². The van der Waals surface area contributed by atoms with Crippen molar-refractivity contribution in [2.24, 2.45) is 5.73 Å². The maximum atomic E-state index is 11.1. The molecule has 0 unspecified atom stereocenters. The van der Waals surface area contributed by atoms with Crippen molar-refractivity contribution in [2.45, 2.75) is 0 Å². The largest absolute Gasteiger partial charge is 0.496 e. The highest BCUT2D eigenvalue weighted by Gasteiger charge is 2.27. The van der Waals surface area contributed by atoms with Gasteiger partial charge in [0, 0.05) is 0 Å². The van der Waals surface area contributed by atoms with Gasteiger partial charge in [-0.2, -0.15) is 5.26 Å². The van der Waals surface area contributed by atoms with E-state index >= 15 is 0 Å². The molecule has 7 heteroatoms. The van der Waals surface area contributed by atoms with Gasteiger partial charge in [0.2, 0.25) is 0 Å². The number of ether oxygens (including phenoxy) is 1.